The Morgan fingerprint density at radius 3 is 2.33 bits per heavy atom. The van der Waals surface area contributed by atoms with Crippen LogP contribution >= 0.6 is 11.5 Å². The maximum Gasteiger partial charge on any atom is 0.262 e. The van der Waals surface area contributed by atoms with E-state index in [0.29, 0.717) is 24.5 Å². The third-order valence-corrected chi connectivity index (χ3v) is 7.82. The van der Waals surface area contributed by atoms with Gasteiger partial charge in [0.05, 0.1) is 24.3 Å². The number of hydrogen-bond donors (Lipinski definition) is 1. The maximum atomic E-state index is 14.0. The highest BCUT2D eigenvalue weighted by Crippen LogP contribution is 2.28. The summed E-state index contributed by atoms with van der Waals surface area (Å²) in [5, 5.41) is 8.62. The molecule has 2 aromatic carbocycles. The van der Waals surface area contributed by atoms with E-state index in [-0.39, 0.29) is 23.4 Å². The molecule has 1 N–H and O–H groups in total. The molecule has 0 unspecified atom stereocenters. The third kappa shape index (κ3) is 5.98. The average molecular weight is 598 g/mol. The standard InChI is InChI=1S/C30H27N7O5S/c38-26(18-37-29(40)23-5-1-2-6-24(23)30(37)41)36(17-20-4-3-11-31-16-20)27(25-19-43-34-33-25)28(39)32-21-7-9-22(10-8-21)35-12-14-42-15-13-35/h1-11,16,19,27H,12-15,17-18H2,(H,32,39)/t27-/m1/s1. The van der Waals surface area contributed by atoms with Crippen molar-refractivity contribution in [1.82, 2.24) is 24.4 Å². The van der Waals surface area contributed by atoms with E-state index in [0.717, 1.165) is 35.2 Å². The first-order valence-electron chi connectivity index (χ1n) is 13.6. The molecule has 218 valence electrons. The molecular formula is C30H27N7O5S. The molecule has 0 spiro atoms. The number of nitrogens with zero attached hydrogens (tertiary/aromatic N) is 6. The molecule has 1 saturated heterocycles. The van der Waals surface area contributed by atoms with Crippen LogP contribution in [-0.4, -0.2) is 80.8 Å². The van der Waals surface area contributed by atoms with Crippen LogP contribution in [0, 0.1) is 0 Å². The van der Waals surface area contributed by atoms with Gasteiger partial charge in [0.1, 0.15) is 12.2 Å². The molecule has 43 heavy (non-hydrogen) atoms. The van der Waals surface area contributed by atoms with Gasteiger partial charge < -0.3 is 19.9 Å². The number of fused-ring (bicyclic) bond motifs is 1. The molecule has 0 radical (unpaired) electrons. The normalized spacial score (nSPS) is 15.3. The van der Waals surface area contributed by atoms with E-state index >= 15 is 0 Å². The largest absolute Gasteiger partial charge is 0.378 e. The predicted octanol–water partition coefficient (Wildman–Crippen LogP) is 2.77. The maximum absolute atomic E-state index is 14.0. The highest BCUT2D eigenvalue weighted by atomic mass is 32.1. The fourth-order valence-corrected chi connectivity index (χ4v) is 5.61. The van der Waals surface area contributed by atoms with Crippen LogP contribution in [-0.2, 0) is 20.9 Å². The molecule has 12 nitrogen and oxygen atoms in total. The van der Waals surface area contributed by atoms with Crippen molar-refractivity contribution in [3.63, 3.8) is 0 Å². The van der Waals surface area contributed by atoms with Crippen LogP contribution in [0.15, 0.2) is 78.4 Å². The summed E-state index contributed by atoms with van der Waals surface area (Å²) in [6, 6.07) is 16.1. The van der Waals surface area contributed by atoms with Gasteiger partial charge in [-0.05, 0) is 59.6 Å². The van der Waals surface area contributed by atoms with E-state index in [1.54, 1.807) is 66.3 Å². The average Bonchev–Trinajstić information content (AvgIpc) is 3.65. The molecule has 1 fully saturated rings. The highest BCUT2D eigenvalue weighted by Gasteiger charge is 2.40. The Morgan fingerprint density at radius 1 is 0.977 bits per heavy atom. The van der Waals surface area contributed by atoms with Crippen molar-refractivity contribution < 1.29 is 23.9 Å². The van der Waals surface area contributed by atoms with Gasteiger partial charge in [0.25, 0.3) is 17.7 Å². The molecule has 0 saturated carbocycles. The number of rotatable bonds is 9. The fourth-order valence-electron chi connectivity index (χ4n) is 5.13. The van der Waals surface area contributed by atoms with Gasteiger partial charge in [-0.3, -0.25) is 29.1 Å². The minimum Gasteiger partial charge on any atom is -0.378 e. The second-order valence-corrected chi connectivity index (χ2v) is 10.6. The number of benzene rings is 2. The second-order valence-electron chi connectivity index (χ2n) is 9.99. The van der Waals surface area contributed by atoms with Crippen molar-refractivity contribution in [3.05, 3.63) is 101 Å². The number of nitrogens with one attached hydrogen (secondary N) is 1. The van der Waals surface area contributed by atoms with E-state index in [9.17, 15) is 19.2 Å². The number of pyridine rings is 1. The second kappa shape index (κ2) is 12.5. The molecular weight excluding hydrogens is 570 g/mol. The van der Waals surface area contributed by atoms with Crippen molar-refractivity contribution in [1.29, 1.82) is 0 Å². The smallest absolute Gasteiger partial charge is 0.262 e. The number of hydrogen-bond acceptors (Lipinski definition) is 10. The van der Waals surface area contributed by atoms with Crippen LogP contribution in [0.2, 0.25) is 0 Å². The van der Waals surface area contributed by atoms with Crippen LogP contribution in [0.3, 0.4) is 0 Å². The first-order valence-corrected chi connectivity index (χ1v) is 14.5. The molecule has 6 rings (SSSR count). The zero-order valence-electron chi connectivity index (χ0n) is 23.0. The summed E-state index contributed by atoms with van der Waals surface area (Å²) < 4.78 is 9.35. The van der Waals surface area contributed by atoms with Crippen LogP contribution < -0.4 is 10.2 Å². The van der Waals surface area contributed by atoms with Gasteiger partial charge in [0.15, 0.2) is 6.04 Å². The minimum atomic E-state index is -1.21. The van der Waals surface area contributed by atoms with Crippen molar-refractivity contribution in [2.24, 2.45) is 0 Å². The minimum absolute atomic E-state index is 0.0264. The van der Waals surface area contributed by atoms with Gasteiger partial charge in [-0.1, -0.05) is 22.7 Å². The summed E-state index contributed by atoms with van der Waals surface area (Å²) in [4.78, 5) is 62.5. The van der Waals surface area contributed by atoms with Gasteiger partial charge in [0.2, 0.25) is 5.91 Å². The number of ether oxygens (including phenoxy) is 1. The lowest BCUT2D eigenvalue weighted by atomic mass is 10.1. The van der Waals surface area contributed by atoms with Gasteiger partial charge in [-0.2, -0.15) is 0 Å². The van der Waals surface area contributed by atoms with E-state index < -0.39 is 36.2 Å². The van der Waals surface area contributed by atoms with Crippen LogP contribution in [0.4, 0.5) is 11.4 Å². The highest BCUT2D eigenvalue weighted by molar-refractivity contribution is 7.03. The van der Waals surface area contributed by atoms with E-state index in [1.165, 1.54) is 4.90 Å². The number of anilines is 2. The Hall–Kier alpha value is -5.01. The van der Waals surface area contributed by atoms with E-state index in [2.05, 4.69) is 24.8 Å². The molecule has 13 heteroatoms. The lowest BCUT2D eigenvalue weighted by Gasteiger charge is -2.31. The van der Waals surface area contributed by atoms with Crippen LogP contribution in [0.25, 0.3) is 0 Å². The van der Waals surface area contributed by atoms with E-state index in [4.69, 9.17) is 4.74 Å². The Balaban J connectivity index is 1.28. The Labute approximate surface area is 251 Å². The zero-order valence-corrected chi connectivity index (χ0v) is 23.8. The molecule has 4 heterocycles. The van der Waals surface area contributed by atoms with Crippen LogP contribution in [0.1, 0.15) is 38.0 Å². The Morgan fingerprint density at radius 2 is 1.70 bits per heavy atom. The van der Waals surface area contributed by atoms with E-state index in [1.807, 2.05) is 12.1 Å². The van der Waals surface area contributed by atoms with Crippen molar-refractivity contribution in [3.8, 4) is 0 Å². The number of imide groups is 1. The summed E-state index contributed by atoms with van der Waals surface area (Å²) in [7, 11) is 0. The number of carbonyl (C=O) groups excluding carboxylic acids is 4. The lowest BCUT2D eigenvalue weighted by Crippen LogP contribution is -2.47. The van der Waals surface area contributed by atoms with Gasteiger partial charge >= 0.3 is 0 Å². The third-order valence-electron chi connectivity index (χ3n) is 7.30. The molecule has 4 amide bonds. The first kappa shape index (κ1) is 28.1. The number of aromatic nitrogens is 3. The summed E-state index contributed by atoms with van der Waals surface area (Å²) in [5.74, 6) is -2.26. The number of morpholine rings is 1. The monoisotopic (exact) mass is 597 g/mol. The van der Waals surface area contributed by atoms with Gasteiger partial charge in [0, 0.05) is 48.8 Å². The Bertz CT molecular complexity index is 1590. The number of amides is 4. The topological polar surface area (TPSA) is 138 Å². The summed E-state index contributed by atoms with van der Waals surface area (Å²) in [6.07, 6.45) is 3.19. The first-order chi connectivity index (χ1) is 21.0. The number of carbonyl (C=O) groups is 4. The van der Waals surface area contributed by atoms with Gasteiger partial charge in [-0.15, -0.1) is 5.10 Å². The SMILES string of the molecule is O=C(Nc1ccc(N2CCOCC2)cc1)[C@@H](c1csnn1)N(Cc1cccnc1)C(=O)CN1C(=O)c2ccccc2C1=O. The predicted molar refractivity (Wildman–Crippen MR) is 157 cm³/mol. The van der Waals surface area contributed by atoms with Crippen molar-refractivity contribution in [2.75, 3.05) is 43.1 Å². The molecule has 2 aliphatic heterocycles. The molecule has 2 aromatic heterocycles. The van der Waals surface area contributed by atoms with Crippen molar-refractivity contribution in [2.45, 2.75) is 12.6 Å². The zero-order chi connectivity index (χ0) is 29.8. The van der Waals surface area contributed by atoms with Crippen molar-refractivity contribution >= 4 is 46.5 Å². The van der Waals surface area contributed by atoms with Gasteiger partial charge in [-0.25, -0.2) is 0 Å². The van der Waals surface area contributed by atoms with Crippen LogP contribution in [0.5, 0.6) is 0 Å². The molecule has 4 aromatic rings. The molecule has 0 bridgehead atoms. The molecule has 1 atom stereocenters. The quantitative estimate of drug-likeness (QED) is 0.289. The summed E-state index contributed by atoms with van der Waals surface area (Å²) >= 11 is 1.04. The Kier molecular flexibility index (Phi) is 8.16. The lowest BCUT2D eigenvalue weighted by molar-refractivity contribution is -0.140. The fraction of sp³-hybridized carbons (Fsp3) is 0.233. The molecule has 0 aliphatic carbocycles. The summed E-state index contributed by atoms with van der Waals surface area (Å²) in [5.41, 5.74) is 2.91. The summed E-state index contributed by atoms with van der Waals surface area (Å²) in [6.45, 7) is 2.29. The molecule has 2 aliphatic rings.